The van der Waals surface area contributed by atoms with E-state index in [1.807, 2.05) is 0 Å². The summed E-state index contributed by atoms with van der Waals surface area (Å²) < 4.78 is 13.7. The molecule has 0 saturated heterocycles. The zero-order valence-corrected chi connectivity index (χ0v) is 10.1. The Morgan fingerprint density at radius 1 is 1.53 bits per heavy atom. The van der Waals surface area contributed by atoms with E-state index in [9.17, 15) is 19.3 Å². The Bertz CT molecular complexity index is 671. The fourth-order valence-electron chi connectivity index (χ4n) is 1.32. The van der Waals surface area contributed by atoms with Crippen LogP contribution in [0, 0.1) is 15.9 Å². The topological polar surface area (TPSA) is 73.1 Å². The Morgan fingerprint density at radius 2 is 2.24 bits per heavy atom. The van der Waals surface area contributed by atoms with Crippen LogP contribution in [-0.4, -0.2) is 16.2 Å². The Kier molecular flexibility index (Phi) is 3.07. The summed E-state index contributed by atoms with van der Waals surface area (Å²) in [7, 11) is 0. The van der Waals surface area contributed by atoms with Crippen molar-refractivity contribution in [3.8, 4) is 0 Å². The molecule has 0 atom stereocenters. The monoisotopic (exact) mass is 272 g/mol. The molecule has 0 fully saturated rings. The third-order valence-corrected chi connectivity index (χ3v) is 4.11. The number of rotatable bonds is 2. The average Bonchev–Trinajstić information content (AvgIpc) is 2.28. The van der Waals surface area contributed by atoms with E-state index in [-0.39, 0.29) is 10.1 Å². The predicted octanol–water partition coefficient (Wildman–Crippen LogP) is 2.43. The molecule has 17 heavy (non-hydrogen) atoms. The molecule has 0 aliphatic heterocycles. The van der Waals surface area contributed by atoms with Crippen LogP contribution in [0.5, 0.6) is 0 Å². The van der Waals surface area contributed by atoms with Gasteiger partial charge in [0, 0.05) is 0 Å². The first kappa shape index (κ1) is 11.9. The lowest BCUT2D eigenvalue weighted by Gasteiger charge is -2.00. The minimum atomic E-state index is -0.813. The number of non-ortho nitro benzene ring substituents is 1. The van der Waals surface area contributed by atoms with Crippen LogP contribution in [0.25, 0.3) is 10.1 Å². The molecule has 2 rings (SSSR count). The summed E-state index contributed by atoms with van der Waals surface area (Å²) in [5.41, 5.74) is -1.05. The molecular weight excluding hydrogens is 267 g/mol. The first-order valence-electron chi connectivity index (χ1n) is 4.35. The van der Waals surface area contributed by atoms with E-state index in [0.717, 1.165) is 23.5 Å². The third kappa shape index (κ3) is 2.13. The zero-order valence-electron chi connectivity index (χ0n) is 8.47. The summed E-state index contributed by atoms with van der Waals surface area (Å²) in [6.07, 6.45) is 1.71. The normalized spacial score (nSPS) is 10.7. The second-order valence-electron chi connectivity index (χ2n) is 3.05. The Balaban J connectivity index is 2.95. The third-order valence-electron chi connectivity index (χ3n) is 2.02. The smallest absolute Gasteiger partial charge is 0.267 e. The van der Waals surface area contributed by atoms with Crippen LogP contribution in [0.15, 0.2) is 21.3 Å². The molecule has 1 aromatic carbocycles. The van der Waals surface area contributed by atoms with Crippen LogP contribution in [-0.2, 0) is 0 Å². The summed E-state index contributed by atoms with van der Waals surface area (Å²) in [5.74, 6) is -0.813. The van der Waals surface area contributed by atoms with Gasteiger partial charge in [-0.15, -0.1) is 11.3 Å². The number of nitrogens with zero attached hydrogens (tertiary/aromatic N) is 2. The molecule has 1 heterocycles. The number of thioether (sulfide) groups is 1. The van der Waals surface area contributed by atoms with E-state index < -0.39 is 22.0 Å². The van der Waals surface area contributed by atoms with Gasteiger partial charge >= 0.3 is 0 Å². The standard InChI is InChI=1S/C9H5FN2O3S2/c1-16-9-11-8(13)5-2-4(10)3-6(12(14)15)7(5)17-9/h2-3H,1H3. The highest BCUT2D eigenvalue weighted by molar-refractivity contribution is 8.00. The van der Waals surface area contributed by atoms with Crippen molar-refractivity contribution in [1.82, 2.24) is 4.98 Å². The minimum absolute atomic E-state index is 0.0560. The van der Waals surface area contributed by atoms with Gasteiger partial charge in [0.2, 0.25) is 0 Å². The van der Waals surface area contributed by atoms with Gasteiger partial charge in [-0.05, 0) is 12.3 Å². The van der Waals surface area contributed by atoms with Gasteiger partial charge in [-0.3, -0.25) is 14.9 Å². The van der Waals surface area contributed by atoms with Crippen molar-refractivity contribution in [1.29, 1.82) is 0 Å². The van der Waals surface area contributed by atoms with Crippen molar-refractivity contribution in [3.63, 3.8) is 0 Å². The van der Waals surface area contributed by atoms with Crippen molar-refractivity contribution in [2.45, 2.75) is 4.34 Å². The van der Waals surface area contributed by atoms with Crippen LogP contribution < -0.4 is 5.56 Å². The van der Waals surface area contributed by atoms with Crippen LogP contribution in [0.3, 0.4) is 0 Å². The van der Waals surface area contributed by atoms with Gasteiger partial charge in [-0.1, -0.05) is 11.8 Å². The molecule has 0 N–H and O–H groups in total. The highest BCUT2D eigenvalue weighted by atomic mass is 32.2. The number of nitro groups is 1. The van der Waals surface area contributed by atoms with Gasteiger partial charge in [-0.2, -0.15) is 4.98 Å². The van der Waals surface area contributed by atoms with Crippen molar-refractivity contribution >= 4 is 38.9 Å². The van der Waals surface area contributed by atoms with E-state index in [0.29, 0.717) is 4.34 Å². The summed E-state index contributed by atoms with van der Waals surface area (Å²) >= 11 is 2.22. The van der Waals surface area contributed by atoms with Gasteiger partial charge in [0.1, 0.15) is 10.5 Å². The van der Waals surface area contributed by atoms with Crippen molar-refractivity contribution in [2.75, 3.05) is 6.26 Å². The first-order valence-corrected chi connectivity index (χ1v) is 6.40. The van der Waals surface area contributed by atoms with Gasteiger partial charge < -0.3 is 0 Å². The van der Waals surface area contributed by atoms with Gasteiger partial charge in [0.15, 0.2) is 4.34 Å². The van der Waals surface area contributed by atoms with Crippen molar-refractivity contribution in [2.24, 2.45) is 0 Å². The maximum Gasteiger partial charge on any atom is 0.290 e. The molecule has 0 unspecified atom stereocenters. The molecule has 0 spiro atoms. The van der Waals surface area contributed by atoms with Gasteiger partial charge in [0.05, 0.1) is 16.4 Å². The van der Waals surface area contributed by atoms with Crippen molar-refractivity contribution in [3.05, 3.63) is 38.4 Å². The molecule has 2 aromatic rings. The Morgan fingerprint density at radius 3 is 2.82 bits per heavy atom. The fraction of sp³-hybridized carbons (Fsp3) is 0.111. The minimum Gasteiger partial charge on any atom is -0.267 e. The van der Waals surface area contributed by atoms with Crippen LogP contribution in [0.1, 0.15) is 0 Å². The van der Waals surface area contributed by atoms with E-state index in [1.54, 1.807) is 6.26 Å². The highest BCUT2D eigenvalue weighted by Gasteiger charge is 2.18. The molecule has 0 aliphatic carbocycles. The summed E-state index contributed by atoms with van der Waals surface area (Å²) in [5, 5.41) is 10.7. The maximum atomic E-state index is 13.1. The van der Waals surface area contributed by atoms with Gasteiger partial charge in [0.25, 0.3) is 11.2 Å². The Labute approximate surface area is 102 Å². The summed E-state index contributed by atoms with van der Waals surface area (Å²) in [6.45, 7) is 0. The number of benzene rings is 1. The van der Waals surface area contributed by atoms with Crippen LogP contribution in [0.2, 0.25) is 0 Å². The number of aromatic nitrogens is 1. The molecule has 88 valence electrons. The fourth-order valence-corrected chi connectivity index (χ4v) is 2.88. The van der Waals surface area contributed by atoms with Gasteiger partial charge in [-0.25, -0.2) is 4.39 Å². The van der Waals surface area contributed by atoms with Crippen LogP contribution >= 0.6 is 23.1 Å². The van der Waals surface area contributed by atoms with Crippen molar-refractivity contribution < 1.29 is 9.31 Å². The quantitative estimate of drug-likeness (QED) is 0.477. The second-order valence-corrected chi connectivity index (χ2v) is 5.10. The average molecular weight is 272 g/mol. The molecular formula is C9H5FN2O3S2. The van der Waals surface area contributed by atoms with E-state index in [1.165, 1.54) is 11.8 Å². The SMILES string of the molecule is CSc1nc(=O)c2cc(F)cc([N+](=O)[O-])c2s1. The number of fused-ring (bicyclic) bond motifs is 1. The maximum absolute atomic E-state index is 13.1. The number of halogens is 1. The van der Waals surface area contributed by atoms with Crippen LogP contribution in [0.4, 0.5) is 10.1 Å². The van der Waals surface area contributed by atoms with E-state index >= 15 is 0 Å². The lowest BCUT2D eigenvalue weighted by molar-refractivity contribution is -0.383. The molecule has 0 radical (unpaired) electrons. The number of nitro benzene ring substituents is 1. The van der Waals surface area contributed by atoms with E-state index in [4.69, 9.17) is 0 Å². The lowest BCUT2D eigenvalue weighted by Crippen LogP contribution is -2.07. The highest BCUT2D eigenvalue weighted by Crippen LogP contribution is 2.31. The molecule has 0 aliphatic rings. The number of hydrogen-bond acceptors (Lipinski definition) is 6. The number of hydrogen-bond donors (Lipinski definition) is 0. The largest absolute Gasteiger partial charge is 0.290 e. The summed E-state index contributed by atoms with van der Waals surface area (Å²) in [4.78, 5) is 25.4. The second kappa shape index (κ2) is 4.38. The lowest BCUT2D eigenvalue weighted by atomic mass is 10.2. The molecule has 0 amide bonds. The molecule has 8 heteroatoms. The summed E-state index contributed by atoms with van der Waals surface area (Å²) in [6, 6.07) is 1.78. The molecule has 5 nitrogen and oxygen atoms in total. The Hall–Kier alpha value is -1.54. The van der Waals surface area contributed by atoms with E-state index in [2.05, 4.69) is 4.98 Å². The predicted molar refractivity (Wildman–Crippen MR) is 64.3 cm³/mol. The zero-order chi connectivity index (χ0) is 12.6. The molecule has 0 saturated carbocycles. The first-order chi connectivity index (χ1) is 8.02. The molecule has 0 bridgehead atoms. The molecule has 1 aromatic heterocycles.